The molecule has 0 spiro atoms. The Kier molecular flexibility index (Phi) is 6.43. The van der Waals surface area contributed by atoms with Crippen LogP contribution in [-0.2, 0) is 4.79 Å². The fourth-order valence-electron chi connectivity index (χ4n) is 4.88. The molecule has 0 saturated carbocycles. The third-order valence-electron chi connectivity index (χ3n) is 6.47. The van der Waals surface area contributed by atoms with E-state index in [0.717, 1.165) is 22.6 Å². The molecule has 7 nitrogen and oxygen atoms in total. The Bertz CT molecular complexity index is 967. The number of hydrogen-bond donors (Lipinski definition) is 2. The molecule has 1 aliphatic carbocycles. The molecule has 4 rings (SSSR count). The van der Waals surface area contributed by atoms with E-state index in [1.807, 2.05) is 43.0 Å². The van der Waals surface area contributed by atoms with Gasteiger partial charge >= 0.3 is 0 Å². The van der Waals surface area contributed by atoms with Gasteiger partial charge in [-0.2, -0.15) is 0 Å². The van der Waals surface area contributed by atoms with Crippen molar-refractivity contribution >= 4 is 23.3 Å². The lowest BCUT2D eigenvalue weighted by Crippen LogP contribution is -2.51. The molecule has 1 saturated heterocycles. The van der Waals surface area contributed by atoms with Gasteiger partial charge in [-0.3, -0.25) is 4.79 Å². The zero-order chi connectivity index (χ0) is 23.0. The van der Waals surface area contributed by atoms with E-state index >= 15 is 0 Å². The van der Waals surface area contributed by atoms with Crippen molar-refractivity contribution in [3.05, 3.63) is 52.4 Å². The molecule has 1 amide bonds. The van der Waals surface area contributed by atoms with Gasteiger partial charge in [0.2, 0.25) is 5.91 Å². The van der Waals surface area contributed by atoms with Crippen LogP contribution in [0.4, 0.5) is 5.82 Å². The van der Waals surface area contributed by atoms with Crippen molar-refractivity contribution in [2.75, 3.05) is 31.1 Å². The summed E-state index contributed by atoms with van der Waals surface area (Å²) < 4.78 is 0. The molecule has 2 heterocycles. The van der Waals surface area contributed by atoms with Crippen LogP contribution in [0.5, 0.6) is 0 Å². The number of nitrogens with two attached hydrogens (primary N) is 1. The van der Waals surface area contributed by atoms with E-state index in [1.165, 1.54) is 6.33 Å². The zero-order valence-corrected chi connectivity index (χ0v) is 19.7. The van der Waals surface area contributed by atoms with Crippen molar-refractivity contribution in [1.29, 1.82) is 0 Å². The highest BCUT2D eigenvalue weighted by Gasteiger charge is 2.35. The molecule has 172 valence electrons. The Hall–Kier alpha value is -2.22. The first kappa shape index (κ1) is 23.0. The maximum Gasteiger partial charge on any atom is 0.230 e. The van der Waals surface area contributed by atoms with Crippen molar-refractivity contribution in [3.63, 3.8) is 0 Å². The highest BCUT2D eigenvalue weighted by molar-refractivity contribution is 6.30. The van der Waals surface area contributed by atoms with Crippen LogP contribution in [0.3, 0.4) is 0 Å². The average Bonchev–Trinajstić information content (AvgIpc) is 3.05. The van der Waals surface area contributed by atoms with E-state index in [0.29, 0.717) is 44.0 Å². The molecule has 3 N–H and O–H groups in total. The summed E-state index contributed by atoms with van der Waals surface area (Å²) in [7, 11) is 0. The summed E-state index contributed by atoms with van der Waals surface area (Å²) in [5, 5.41) is 10.9. The number of amides is 1. The molecule has 1 aliphatic heterocycles. The molecule has 0 unspecified atom stereocenters. The van der Waals surface area contributed by atoms with Crippen molar-refractivity contribution in [2.24, 2.45) is 5.73 Å². The van der Waals surface area contributed by atoms with Gasteiger partial charge in [0, 0.05) is 42.3 Å². The van der Waals surface area contributed by atoms with Gasteiger partial charge in [-0.15, -0.1) is 0 Å². The summed E-state index contributed by atoms with van der Waals surface area (Å²) in [6.45, 7) is 8.62. The van der Waals surface area contributed by atoms with Crippen molar-refractivity contribution < 1.29 is 9.90 Å². The van der Waals surface area contributed by atoms with Crippen molar-refractivity contribution in [1.82, 2.24) is 14.9 Å². The molecule has 3 atom stereocenters. The summed E-state index contributed by atoms with van der Waals surface area (Å²) >= 11 is 6.06. The van der Waals surface area contributed by atoms with Gasteiger partial charge in [0.15, 0.2) is 0 Å². The molecule has 2 aromatic rings. The third-order valence-corrected chi connectivity index (χ3v) is 6.72. The number of aliphatic hydroxyl groups is 1. The summed E-state index contributed by atoms with van der Waals surface area (Å²) in [5.41, 5.74) is 8.56. The SMILES string of the molecule is C[C@@H]1C[C@@H](O)c2ncnc(N3CCN(C(=O)[C@H](CC(C)(C)N)c4ccc(Cl)cc4)CC3)c21. The number of benzene rings is 1. The first-order valence-corrected chi connectivity index (χ1v) is 11.6. The minimum absolute atomic E-state index is 0.0993. The number of aromatic nitrogens is 2. The van der Waals surface area contributed by atoms with Crippen LogP contribution in [0.1, 0.15) is 68.4 Å². The molecule has 1 fully saturated rings. The van der Waals surface area contributed by atoms with Crippen LogP contribution < -0.4 is 10.6 Å². The van der Waals surface area contributed by atoms with Crippen LogP contribution in [0.2, 0.25) is 5.02 Å². The topological polar surface area (TPSA) is 95.6 Å². The molecule has 2 aliphatic rings. The number of hydrogen-bond acceptors (Lipinski definition) is 6. The number of halogens is 1. The third kappa shape index (κ3) is 4.75. The zero-order valence-electron chi connectivity index (χ0n) is 19.0. The average molecular weight is 458 g/mol. The second kappa shape index (κ2) is 8.96. The monoisotopic (exact) mass is 457 g/mol. The van der Waals surface area contributed by atoms with Crippen LogP contribution in [0.25, 0.3) is 0 Å². The lowest BCUT2D eigenvalue weighted by Gasteiger charge is -2.38. The number of carbonyl (C=O) groups excluding carboxylic acids is 1. The van der Waals surface area contributed by atoms with E-state index < -0.39 is 11.6 Å². The number of carbonyl (C=O) groups is 1. The Balaban J connectivity index is 1.50. The van der Waals surface area contributed by atoms with Gasteiger partial charge in [-0.1, -0.05) is 30.7 Å². The number of piperazine rings is 1. The standard InChI is InChI=1S/C24H32ClN5O2/c1-15-12-19(31)21-20(15)22(28-14-27-21)29-8-10-30(11-9-29)23(32)18(13-24(2,3)26)16-4-6-17(25)7-5-16/h4-7,14-15,18-19,31H,8-13,26H2,1-3H3/t15-,18-,19-/m1/s1. The second-order valence-electron chi connectivity index (χ2n) is 9.76. The van der Waals surface area contributed by atoms with E-state index in [4.69, 9.17) is 17.3 Å². The van der Waals surface area contributed by atoms with Gasteiger partial charge in [0.25, 0.3) is 0 Å². The first-order valence-electron chi connectivity index (χ1n) is 11.2. The maximum absolute atomic E-state index is 13.5. The lowest BCUT2D eigenvalue weighted by atomic mass is 9.85. The normalized spacial score (nSPS) is 22.1. The molecule has 8 heteroatoms. The molecule has 0 bridgehead atoms. The van der Waals surface area contributed by atoms with E-state index in [9.17, 15) is 9.90 Å². The first-order chi connectivity index (χ1) is 15.1. The second-order valence-corrected chi connectivity index (χ2v) is 10.2. The number of rotatable bonds is 5. The van der Waals surface area contributed by atoms with Gasteiger partial charge in [-0.25, -0.2) is 9.97 Å². The van der Waals surface area contributed by atoms with Gasteiger partial charge < -0.3 is 20.6 Å². The molecule has 1 aromatic heterocycles. The van der Waals surface area contributed by atoms with Crippen molar-refractivity contribution in [2.45, 2.75) is 57.1 Å². The molecular formula is C24H32ClN5O2. The Morgan fingerprint density at radius 3 is 2.50 bits per heavy atom. The van der Waals surface area contributed by atoms with Gasteiger partial charge in [-0.05, 0) is 50.3 Å². The number of nitrogens with zero attached hydrogens (tertiary/aromatic N) is 4. The highest BCUT2D eigenvalue weighted by Crippen LogP contribution is 2.42. The van der Waals surface area contributed by atoms with Crippen LogP contribution in [0, 0.1) is 0 Å². The number of anilines is 1. The molecular weight excluding hydrogens is 426 g/mol. The maximum atomic E-state index is 13.5. The smallest absolute Gasteiger partial charge is 0.230 e. The Morgan fingerprint density at radius 1 is 1.22 bits per heavy atom. The van der Waals surface area contributed by atoms with E-state index in [2.05, 4.69) is 21.8 Å². The van der Waals surface area contributed by atoms with Crippen LogP contribution >= 0.6 is 11.6 Å². The number of aliphatic hydroxyl groups excluding tert-OH is 1. The van der Waals surface area contributed by atoms with Crippen molar-refractivity contribution in [3.8, 4) is 0 Å². The predicted molar refractivity (Wildman–Crippen MR) is 126 cm³/mol. The van der Waals surface area contributed by atoms with Crippen LogP contribution in [-0.4, -0.2) is 57.6 Å². The summed E-state index contributed by atoms with van der Waals surface area (Å²) in [6, 6.07) is 7.49. The highest BCUT2D eigenvalue weighted by atomic mass is 35.5. The molecule has 1 aromatic carbocycles. The summed E-state index contributed by atoms with van der Waals surface area (Å²) in [6.07, 6.45) is 2.25. The summed E-state index contributed by atoms with van der Waals surface area (Å²) in [4.78, 5) is 26.5. The van der Waals surface area contributed by atoms with E-state index in [-0.39, 0.29) is 17.7 Å². The molecule has 32 heavy (non-hydrogen) atoms. The fraction of sp³-hybridized carbons (Fsp3) is 0.542. The van der Waals surface area contributed by atoms with E-state index in [1.54, 1.807) is 0 Å². The quantitative estimate of drug-likeness (QED) is 0.715. The molecule has 0 radical (unpaired) electrons. The predicted octanol–water partition coefficient (Wildman–Crippen LogP) is 3.23. The van der Waals surface area contributed by atoms with Gasteiger partial charge in [0.05, 0.1) is 17.7 Å². The van der Waals surface area contributed by atoms with Gasteiger partial charge in [0.1, 0.15) is 12.1 Å². The largest absolute Gasteiger partial charge is 0.387 e. The number of fused-ring (bicyclic) bond motifs is 1. The minimum Gasteiger partial charge on any atom is -0.387 e. The van der Waals surface area contributed by atoms with Crippen LogP contribution in [0.15, 0.2) is 30.6 Å². The lowest BCUT2D eigenvalue weighted by molar-refractivity contribution is -0.133. The summed E-state index contributed by atoms with van der Waals surface area (Å²) in [5.74, 6) is 0.903. The minimum atomic E-state index is -0.524. The fourth-order valence-corrected chi connectivity index (χ4v) is 5.01. The Morgan fingerprint density at radius 2 is 1.88 bits per heavy atom. The Labute approximate surface area is 194 Å².